The monoisotopic (exact) mass is 645 g/mol. The zero-order chi connectivity index (χ0) is 28.1. The van der Waals surface area contributed by atoms with Gasteiger partial charge in [0.15, 0.2) is 0 Å². The zero-order valence-electron chi connectivity index (χ0n) is 25.7. The third-order valence-electron chi connectivity index (χ3n) is 10.1. The van der Waals surface area contributed by atoms with E-state index < -0.39 is 18.4 Å². The average Bonchev–Trinajstić information content (AvgIpc) is 3.19. The number of allylic oxidation sites excluding steroid dienone is 1. The summed E-state index contributed by atoms with van der Waals surface area (Å²) in [7, 11) is 0. The topological polar surface area (TPSA) is 22.0 Å². The van der Waals surface area contributed by atoms with Gasteiger partial charge in [-0.1, -0.05) is 0 Å². The first-order valence-electron chi connectivity index (χ1n) is 16.5. The summed E-state index contributed by atoms with van der Waals surface area (Å²) in [5.74, 6) is 0.780. The third kappa shape index (κ3) is 5.89. The Bertz CT molecular complexity index is 1330. The van der Waals surface area contributed by atoms with E-state index in [0.717, 1.165) is 12.1 Å². The molecule has 2 heterocycles. The van der Waals surface area contributed by atoms with Crippen LogP contribution < -0.4 is 0 Å². The van der Waals surface area contributed by atoms with Gasteiger partial charge in [-0.25, -0.2) is 0 Å². The molecule has 1 aliphatic heterocycles. The molecule has 2 nitrogen and oxygen atoms in total. The fourth-order valence-corrected chi connectivity index (χ4v) is 24.3. The molecule has 0 radical (unpaired) electrons. The van der Waals surface area contributed by atoms with Crippen molar-refractivity contribution in [2.75, 3.05) is 0 Å². The van der Waals surface area contributed by atoms with Crippen molar-refractivity contribution in [2.24, 2.45) is 0 Å². The Hall–Kier alpha value is -1.81. The van der Waals surface area contributed by atoms with Gasteiger partial charge in [0, 0.05) is 0 Å². The van der Waals surface area contributed by atoms with Gasteiger partial charge in [-0.15, -0.1) is 0 Å². The van der Waals surface area contributed by atoms with Gasteiger partial charge in [0.25, 0.3) is 0 Å². The molecule has 0 spiro atoms. The summed E-state index contributed by atoms with van der Waals surface area (Å²) < 4.78 is 9.00. The molecular formula is C37H51NOSn. The van der Waals surface area contributed by atoms with E-state index in [1.165, 1.54) is 112 Å². The zero-order valence-corrected chi connectivity index (χ0v) is 28.5. The van der Waals surface area contributed by atoms with Crippen LogP contribution in [0.2, 0.25) is 13.3 Å². The number of carbonyl (C=O) groups is 1. The van der Waals surface area contributed by atoms with Crippen LogP contribution in [0.1, 0.15) is 126 Å². The molecule has 0 N–H and O–H groups in total. The van der Waals surface area contributed by atoms with E-state index >= 15 is 0 Å². The molecule has 1 fully saturated rings. The molecule has 1 aliphatic carbocycles. The molecule has 1 saturated carbocycles. The summed E-state index contributed by atoms with van der Waals surface area (Å²) >= 11 is -2.70. The Morgan fingerprint density at radius 2 is 1.52 bits per heavy atom. The van der Waals surface area contributed by atoms with E-state index in [0.29, 0.717) is 5.92 Å². The van der Waals surface area contributed by atoms with Crippen LogP contribution in [0, 0.1) is 0 Å². The number of hydrogen-bond acceptors (Lipinski definition) is 1. The van der Waals surface area contributed by atoms with Crippen molar-refractivity contribution in [3.05, 3.63) is 62.7 Å². The quantitative estimate of drug-likeness (QED) is 0.142. The van der Waals surface area contributed by atoms with Gasteiger partial charge in [0.05, 0.1) is 0 Å². The minimum atomic E-state index is -2.70. The number of ketones is 1. The van der Waals surface area contributed by atoms with E-state index in [2.05, 4.69) is 73.9 Å². The van der Waals surface area contributed by atoms with Gasteiger partial charge in [-0.05, 0) is 0 Å². The number of fused-ring (bicyclic) bond motifs is 5. The van der Waals surface area contributed by atoms with Crippen molar-refractivity contribution in [1.82, 2.24) is 4.57 Å². The Kier molecular flexibility index (Phi) is 9.97. The van der Waals surface area contributed by atoms with E-state index in [-0.39, 0.29) is 5.78 Å². The average molecular weight is 645 g/mol. The molecule has 40 heavy (non-hydrogen) atoms. The molecule has 214 valence electrons. The SMILES string of the molecule is CCC[CH2][Sn]([CH2]CCC)([CH2]CCC)[C]1=Cc2ccccc2-c2c(C3CCCCC3)c3ccc(C(C)=O)cc3n2C1. The first-order valence-corrected chi connectivity index (χ1v) is 24.0. The minimum absolute atomic E-state index is 0.170. The van der Waals surface area contributed by atoms with E-state index in [1.54, 1.807) is 12.5 Å². The van der Waals surface area contributed by atoms with Gasteiger partial charge in [-0.2, -0.15) is 0 Å². The third-order valence-corrected chi connectivity index (χ3v) is 26.1. The van der Waals surface area contributed by atoms with Gasteiger partial charge in [-0.3, -0.25) is 0 Å². The fraction of sp³-hybridized carbons (Fsp3) is 0.541. The maximum atomic E-state index is 12.6. The number of nitrogens with zero attached hydrogens (tertiary/aromatic N) is 1. The van der Waals surface area contributed by atoms with Crippen LogP contribution in [0.25, 0.3) is 28.2 Å². The Balaban J connectivity index is 1.78. The summed E-state index contributed by atoms with van der Waals surface area (Å²) in [5, 5.41) is 1.40. The van der Waals surface area contributed by atoms with Crippen molar-refractivity contribution in [1.29, 1.82) is 0 Å². The van der Waals surface area contributed by atoms with E-state index in [4.69, 9.17) is 0 Å². The van der Waals surface area contributed by atoms with Gasteiger partial charge >= 0.3 is 249 Å². The standard InChI is InChI=1S/C25H24NO.3C4H9.Sn/c1-17(27)20-13-14-22-23(16-20)26-15-7-11-18-8-5-6-12-21(18)25(26)24(22)19-9-3-2-4-10-19;3*1-3-4-2;/h5-6,8,11-14,16,19H,2-4,9-10,15H2,1H3;3*1,3-4H2,2H3;. The normalized spacial score (nSPS) is 15.9. The van der Waals surface area contributed by atoms with Crippen molar-refractivity contribution in [3.63, 3.8) is 0 Å². The van der Waals surface area contributed by atoms with Gasteiger partial charge < -0.3 is 0 Å². The van der Waals surface area contributed by atoms with Gasteiger partial charge in [0.2, 0.25) is 0 Å². The van der Waals surface area contributed by atoms with Crippen molar-refractivity contribution >= 4 is 41.1 Å². The summed E-state index contributed by atoms with van der Waals surface area (Å²) in [5.41, 5.74) is 8.04. The first kappa shape index (κ1) is 29.7. The predicted octanol–water partition coefficient (Wildman–Crippen LogP) is 11.3. The van der Waals surface area contributed by atoms with Crippen LogP contribution in [0.5, 0.6) is 0 Å². The number of hydrogen-bond donors (Lipinski definition) is 0. The molecule has 5 rings (SSSR count). The van der Waals surface area contributed by atoms with Crippen LogP contribution in [-0.2, 0) is 6.54 Å². The summed E-state index contributed by atoms with van der Waals surface area (Å²) in [6.07, 6.45) is 17.3. The van der Waals surface area contributed by atoms with Crippen LogP contribution in [-0.4, -0.2) is 28.7 Å². The van der Waals surface area contributed by atoms with Crippen LogP contribution in [0.4, 0.5) is 0 Å². The Morgan fingerprint density at radius 1 is 0.875 bits per heavy atom. The van der Waals surface area contributed by atoms with Crippen molar-refractivity contribution in [3.8, 4) is 11.3 Å². The molecule has 0 atom stereocenters. The maximum absolute atomic E-state index is 12.6. The van der Waals surface area contributed by atoms with Crippen LogP contribution >= 0.6 is 0 Å². The molecule has 1 aromatic heterocycles. The van der Waals surface area contributed by atoms with E-state index in [1.807, 2.05) is 3.59 Å². The fourth-order valence-electron chi connectivity index (χ4n) is 7.82. The molecule has 3 heteroatoms. The number of carbonyl (C=O) groups excluding carboxylic acids is 1. The summed E-state index contributed by atoms with van der Waals surface area (Å²) in [6, 6.07) is 15.9. The molecule has 0 unspecified atom stereocenters. The molecule has 0 saturated heterocycles. The first-order chi connectivity index (χ1) is 19.5. The van der Waals surface area contributed by atoms with Gasteiger partial charge in [0.1, 0.15) is 0 Å². The van der Waals surface area contributed by atoms with Crippen LogP contribution in [0.15, 0.2) is 46.1 Å². The second-order valence-electron chi connectivity index (χ2n) is 12.8. The Morgan fingerprint density at radius 3 is 2.15 bits per heavy atom. The number of rotatable bonds is 12. The molecule has 0 bridgehead atoms. The summed E-state index contributed by atoms with van der Waals surface area (Å²) in [6.45, 7) is 9.89. The summed E-state index contributed by atoms with van der Waals surface area (Å²) in [4.78, 5) is 12.6. The molecule has 2 aliphatic rings. The molecule has 2 aromatic carbocycles. The second kappa shape index (κ2) is 13.4. The second-order valence-corrected chi connectivity index (χ2v) is 26.2. The van der Waals surface area contributed by atoms with Crippen molar-refractivity contribution in [2.45, 2.75) is 124 Å². The number of aromatic nitrogens is 1. The van der Waals surface area contributed by atoms with E-state index in [9.17, 15) is 4.79 Å². The molecule has 0 amide bonds. The number of unbranched alkanes of at least 4 members (excludes halogenated alkanes) is 3. The predicted molar refractivity (Wildman–Crippen MR) is 176 cm³/mol. The molecular weight excluding hydrogens is 593 g/mol. The molecule has 3 aromatic rings. The van der Waals surface area contributed by atoms with Crippen LogP contribution in [0.3, 0.4) is 0 Å². The Labute approximate surface area is 247 Å². The number of Topliss-reactive ketones (excluding diaryl/α,β-unsaturated/α-hetero) is 1. The number of benzene rings is 2. The van der Waals surface area contributed by atoms with Crippen molar-refractivity contribution < 1.29 is 4.79 Å².